The minimum Gasteiger partial charge on any atom is -0.497 e. The Morgan fingerprint density at radius 2 is 1.76 bits per heavy atom. The van der Waals surface area contributed by atoms with Crippen LogP contribution in [0.15, 0.2) is 48.7 Å². The molecule has 3 rings (SSSR count). The van der Waals surface area contributed by atoms with Crippen LogP contribution in [0.4, 0.5) is 0 Å². The molecule has 6 nitrogen and oxygen atoms in total. The minimum atomic E-state index is -0.936. The third-order valence-corrected chi connectivity index (χ3v) is 4.77. The summed E-state index contributed by atoms with van der Waals surface area (Å²) >= 11 is 0. The van der Waals surface area contributed by atoms with Crippen LogP contribution in [0.2, 0.25) is 0 Å². The first-order valence-electron chi connectivity index (χ1n) is 9.51. The second-order valence-electron chi connectivity index (χ2n) is 7.93. The number of nitrogens with one attached hydrogen (secondary N) is 1. The van der Waals surface area contributed by atoms with Crippen molar-refractivity contribution in [3.05, 3.63) is 59.8 Å². The SMILES string of the molecule is COc1ccc(OC)c([C@H](c2c[nH]c3ccccc23)[C@H](N)C(=O)OC(C)(C)C)c1. The highest BCUT2D eigenvalue weighted by Gasteiger charge is 2.34. The molecule has 3 aromatic rings. The summed E-state index contributed by atoms with van der Waals surface area (Å²) in [7, 11) is 3.19. The van der Waals surface area contributed by atoms with E-state index < -0.39 is 23.5 Å². The Hall–Kier alpha value is -2.99. The van der Waals surface area contributed by atoms with Crippen LogP contribution in [-0.4, -0.2) is 36.8 Å². The zero-order chi connectivity index (χ0) is 21.2. The van der Waals surface area contributed by atoms with Gasteiger partial charge in [0.2, 0.25) is 0 Å². The van der Waals surface area contributed by atoms with Gasteiger partial charge in [0.05, 0.1) is 14.2 Å². The van der Waals surface area contributed by atoms with E-state index >= 15 is 0 Å². The largest absolute Gasteiger partial charge is 0.497 e. The molecule has 0 unspecified atom stereocenters. The zero-order valence-corrected chi connectivity index (χ0v) is 17.5. The van der Waals surface area contributed by atoms with E-state index in [1.807, 2.05) is 69.4 Å². The van der Waals surface area contributed by atoms with E-state index in [0.717, 1.165) is 22.0 Å². The maximum absolute atomic E-state index is 12.9. The summed E-state index contributed by atoms with van der Waals surface area (Å²) < 4.78 is 16.6. The molecule has 1 aromatic heterocycles. The van der Waals surface area contributed by atoms with E-state index in [1.165, 1.54) is 0 Å². The number of nitrogens with two attached hydrogens (primary N) is 1. The van der Waals surface area contributed by atoms with Crippen molar-refractivity contribution in [3.8, 4) is 11.5 Å². The van der Waals surface area contributed by atoms with E-state index in [4.69, 9.17) is 19.9 Å². The fourth-order valence-corrected chi connectivity index (χ4v) is 3.49. The molecule has 0 aliphatic carbocycles. The highest BCUT2D eigenvalue weighted by molar-refractivity contribution is 5.87. The van der Waals surface area contributed by atoms with E-state index in [1.54, 1.807) is 14.2 Å². The summed E-state index contributed by atoms with van der Waals surface area (Å²) in [6, 6.07) is 12.5. The molecule has 0 fully saturated rings. The fraction of sp³-hybridized carbons (Fsp3) is 0.348. The van der Waals surface area contributed by atoms with E-state index in [9.17, 15) is 4.79 Å². The van der Waals surface area contributed by atoms with Gasteiger partial charge in [0, 0.05) is 28.6 Å². The van der Waals surface area contributed by atoms with Crippen LogP contribution in [0.25, 0.3) is 10.9 Å². The molecule has 0 aliphatic heterocycles. The Bertz CT molecular complexity index is 1000. The molecule has 0 amide bonds. The Kier molecular flexibility index (Phi) is 5.84. The number of H-pyrrole nitrogens is 1. The van der Waals surface area contributed by atoms with Gasteiger partial charge in [-0.15, -0.1) is 0 Å². The van der Waals surface area contributed by atoms with E-state index in [-0.39, 0.29) is 0 Å². The van der Waals surface area contributed by atoms with Gasteiger partial charge in [0.1, 0.15) is 23.1 Å². The van der Waals surface area contributed by atoms with Gasteiger partial charge >= 0.3 is 5.97 Å². The summed E-state index contributed by atoms with van der Waals surface area (Å²) in [4.78, 5) is 16.2. The van der Waals surface area contributed by atoms with Gasteiger partial charge in [-0.2, -0.15) is 0 Å². The first-order chi connectivity index (χ1) is 13.7. The molecule has 6 heteroatoms. The highest BCUT2D eigenvalue weighted by Crippen LogP contribution is 2.39. The van der Waals surface area contributed by atoms with Crippen LogP contribution in [0, 0.1) is 0 Å². The zero-order valence-electron chi connectivity index (χ0n) is 17.5. The second kappa shape index (κ2) is 8.17. The van der Waals surface area contributed by atoms with Crippen molar-refractivity contribution in [2.45, 2.75) is 38.3 Å². The Morgan fingerprint density at radius 1 is 1.03 bits per heavy atom. The molecule has 3 N–H and O–H groups in total. The lowest BCUT2D eigenvalue weighted by molar-refractivity contribution is -0.156. The van der Waals surface area contributed by atoms with Crippen molar-refractivity contribution in [2.24, 2.45) is 5.73 Å². The molecule has 2 aromatic carbocycles. The third kappa shape index (κ3) is 4.38. The quantitative estimate of drug-likeness (QED) is 0.616. The van der Waals surface area contributed by atoms with Crippen LogP contribution >= 0.6 is 0 Å². The number of ether oxygens (including phenoxy) is 3. The number of methoxy groups -OCH3 is 2. The van der Waals surface area contributed by atoms with Gasteiger partial charge in [0.15, 0.2) is 0 Å². The standard InChI is InChI=1S/C23H28N2O4/c1-23(2,3)29-22(26)21(24)20(16-12-14(27-4)10-11-19(16)28-5)17-13-25-18-9-7-6-8-15(17)18/h6-13,20-21,25H,24H2,1-5H3/t20-,21+/m1/s1. The maximum Gasteiger partial charge on any atom is 0.324 e. The number of hydrogen-bond acceptors (Lipinski definition) is 5. The number of aromatic amines is 1. The predicted octanol–water partition coefficient (Wildman–Crippen LogP) is 3.99. The minimum absolute atomic E-state index is 0.474. The second-order valence-corrected chi connectivity index (χ2v) is 7.93. The van der Waals surface area contributed by atoms with Gasteiger partial charge in [-0.3, -0.25) is 4.79 Å². The molecular weight excluding hydrogens is 368 g/mol. The van der Waals surface area contributed by atoms with Gasteiger partial charge in [-0.05, 0) is 50.6 Å². The number of fused-ring (bicyclic) bond motifs is 1. The van der Waals surface area contributed by atoms with Crippen LogP contribution < -0.4 is 15.2 Å². The summed E-state index contributed by atoms with van der Waals surface area (Å²) in [5.74, 6) is 0.311. The molecule has 29 heavy (non-hydrogen) atoms. The van der Waals surface area contributed by atoms with Crippen LogP contribution in [0.3, 0.4) is 0 Å². The fourth-order valence-electron chi connectivity index (χ4n) is 3.49. The Morgan fingerprint density at radius 3 is 2.41 bits per heavy atom. The summed E-state index contributed by atoms with van der Waals surface area (Å²) in [5.41, 5.74) is 8.49. The van der Waals surface area contributed by atoms with Crippen molar-refractivity contribution in [1.29, 1.82) is 0 Å². The molecule has 154 valence electrons. The van der Waals surface area contributed by atoms with Crippen LogP contribution in [0.5, 0.6) is 11.5 Å². The number of benzene rings is 2. The van der Waals surface area contributed by atoms with Gasteiger partial charge in [-0.1, -0.05) is 18.2 Å². The average Bonchev–Trinajstić information content (AvgIpc) is 3.10. The number of hydrogen-bond donors (Lipinski definition) is 2. The summed E-state index contributed by atoms with van der Waals surface area (Å²) in [6.07, 6.45) is 1.89. The Labute approximate surface area is 171 Å². The van der Waals surface area contributed by atoms with Crippen molar-refractivity contribution >= 4 is 16.9 Å². The number of rotatable bonds is 6. The number of carbonyl (C=O) groups excluding carboxylic acids is 1. The van der Waals surface area contributed by atoms with E-state index in [0.29, 0.717) is 11.5 Å². The van der Waals surface area contributed by atoms with Crippen LogP contribution in [0.1, 0.15) is 37.8 Å². The van der Waals surface area contributed by atoms with Gasteiger partial charge in [0.25, 0.3) is 0 Å². The third-order valence-electron chi connectivity index (χ3n) is 4.77. The van der Waals surface area contributed by atoms with Gasteiger partial charge in [-0.25, -0.2) is 0 Å². The highest BCUT2D eigenvalue weighted by atomic mass is 16.6. The Balaban J connectivity index is 2.18. The molecule has 0 saturated carbocycles. The van der Waals surface area contributed by atoms with Crippen molar-refractivity contribution in [1.82, 2.24) is 4.98 Å². The predicted molar refractivity (Wildman–Crippen MR) is 114 cm³/mol. The normalized spacial score (nSPS) is 13.7. The smallest absolute Gasteiger partial charge is 0.324 e. The number of para-hydroxylation sites is 1. The lowest BCUT2D eigenvalue weighted by Gasteiger charge is -2.28. The molecule has 1 heterocycles. The molecule has 0 aliphatic rings. The van der Waals surface area contributed by atoms with E-state index in [2.05, 4.69) is 4.98 Å². The topological polar surface area (TPSA) is 86.6 Å². The summed E-state index contributed by atoms with van der Waals surface area (Å²) in [6.45, 7) is 5.47. The van der Waals surface area contributed by atoms with Crippen LogP contribution in [-0.2, 0) is 9.53 Å². The molecule has 0 spiro atoms. The lowest BCUT2D eigenvalue weighted by Crippen LogP contribution is -2.42. The molecule has 0 radical (unpaired) electrons. The first-order valence-corrected chi connectivity index (χ1v) is 9.51. The monoisotopic (exact) mass is 396 g/mol. The number of aromatic nitrogens is 1. The molecule has 2 atom stereocenters. The maximum atomic E-state index is 12.9. The van der Waals surface area contributed by atoms with Gasteiger partial charge < -0.3 is 24.9 Å². The summed E-state index contributed by atoms with van der Waals surface area (Å²) in [5, 5.41) is 0.987. The van der Waals surface area contributed by atoms with Crippen molar-refractivity contribution < 1.29 is 19.0 Å². The number of esters is 1. The number of carbonyl (C=O) groups is 1. The molecule has 0 saturated heterocycles. The first kappa shape index (κ1) is 20.7. The molecule has 0 bridgehead atoms. The van der Waals surface area contributed by atoms with Crippen molar-refractivity contribution in [2.75, 3.05) is 14.2 Å². The van der Waals surface area contributed by atoms with Crippen molar-refractivity contribution in [3.63, 3.8) is 0 Å². The average molecular weight is 396 g/mol. The lowest BCUT2D eigenvalue weighted by atomic mass is 9.84. The molecular formula is C23H28N2O4.